The summed E-state index contributed by atoms with van der Waals surface area (Å²) in [6.45, 7) is 0.632. The first kappa shape index (κ1) is 7.85. The van der Waals surface area contributed by atoms with Crippen LogP contribution < -0.4 is 5.32 Å². The number of aromatic nitrogens is 3. The SMILES string of the molecule is Cn1ccc(NCc2ccon2)n1. The Kier molecular flexibility index (Phi) is 1.99. The second-order valence-corrected chi connectivity index (χ2v) is 2.72. The fourth-order valence-corrected chi connectivity index (χ4v) is 1.02. The van der Waals surface area contributed by atoms with Crippen molar-refractivity contribution in [1.82, 2.24) is 14.9 Å². The predicted molar refractivity (Wildman–Crippen MR) is 47.0 cm³/mol. The third-order valence-electron chi connectivity index (χ3n) is 1.66. The number of hydrogen-bond acceptors (Lipinski definition) is 4. The molecule has 0 aliphatic carbocycles. The summed E-state index contributed by atoms with van der Waals surface area (Å²) in [4.78, 5) is 0. The first-order valence-corrected chi connectivity index (χ1v) is 3.97. The first-order valence-electron chi connectivity index (χ1n) is 3.97. The minimum absolute atomic E-state index is 0.632. The van der Waals surface area contributed by atoms with Gasteiger partial charge in [-0.3, -0.25) is 4.68 Å². The average Bonchev–Trinajstić information content (AvgIpc) is 2.71. The number of rotatable bonds is 3. The lowest BCUT2D eigenvalue weighted by molar-refractivity contribution is 0.412. The smallest absolute Gasteiger partial charge is 0.148 e. The third kappa shape index (κ3) is 1.87. The Morgan fingerprint density at radius 2 is 2.46 bits per heavy atom. The van der Waals surface area contributed by atoms with Gasteiger partial charge in [0.05, 0.1) is 6.54 Å². The zero-order chi connectivity index (χ0) is 9.10. The second-order valence-electron chi connectivity index (χ2n) is 2.72. The molecule has 2 heterocycles. The summed E-state index contributed by atoms with van der Waals surface area (Å²) < 4.78 is 6.43. The van der Waals surface area contributed by atoms with Crippen LogP contribution in [-0.2, 0) is 13.6 Å². The maximum absolute atomic E-state index is 4.69. The fourth-order valence-electron chi connectivity index (χ4n) is 1.02. The topological polar surface area (TPSA) is 55.9 Å². The van der Waals surface area contributed by atoms with E-state index in [1.165, 1.54) is 0 Å². The van der Waals surface area contributed by atoms with Gasteiger partial charge in [-0.05, 0) is 0 Å². The minimum Gasteiger partial charge on any atom is -0.364 e. The molecule has 1 N–H and O–H groups in total. The van der Waals surface area contributed by atoms with Gasteiger partial charge in [0.15, 0.2) is 0 Å². The van der Waals surface area contributed by atoms with Crippen LogP contribution in [0.5, 0.6) is 0 Å². The van der Waals surface area contributed by atoms with E-state index in [9.17, 15) is 0 Å². The summed E-state index contributed by atoms with van der Waals surface area (Å²) in [5.41, 5.74) is 0.866. The highest BCUT2D eigenvalue weighted by molar-refractivity contribution is 5.32. The Morgan fingerprint density at radius 3 is 3.08 bits per heavy atom. The van der Waals surface area contributed by atoms with Crippen LogP contribution in [0.4, 0.5) is 5.82 Å². The van der Waals surface area contributed by atoms with Crippen LogP contribution in [-0.4, -0.2) is 14.9 Å². The Hall–Kier alpha value is -1.78. The molecule has 2 aromatic heterocycles. The lowest BCUT2D eigenvalue weighted by Crippen LogP contribution is -2.00. The van der Waals surface area contributed by atoms with Crippen LogP contribution >= 0.6 is 0 Å². The quantitative estimate of drug-likeness (QED) is 0.762. The second kappa shape index (κ2) is 3.30. The highest BCUT2D eigenvalue weighted by Crippen LogP contribution is 2.03. The molecule has 68 valence electrons. The van der Waals surface area contributed by atoms with E-state index in [0.717, 1.165) is 11.5 Å². The molecule has 5 heteroatoms. The van der Waals surface area contributed by atoms with Gasteiger partial charge in [-0.2, -0.15) is 5.10 Å². The normalized spacial score (nSPS) is 10.2. The monoisotopic (exact) mass is 178 g/mol. The molecule has 0 radical (unpaired) electrons. The van der Waals surface area contributed by atoms with E-state index in [1.807, 2.05) is 25.4 Å². The summed E-state index contributed by atoms with van der Waals surface area (Å²) >= 11 is 0. The predicted octanol–water partition coefficient (Wildman–Crippen LogP) is 1.02. The molecule has 13 heavy (non-hydrogen) atoms. The van der Waals surface area contributed by atoms with Gasteiger partial charge in [0, 0.05) is 25.4 Å². The molecule has 0 bridgehead atoms. The Morgan fingerprint density at radius 1 is 1.54 bits per heavy atom. The van der Waals surface area contributed by atoms with E-state index in [0.29, 0.717) is 6.54 Å². The van der Waals surface area contributed by atoms with Crippen LogP contribution in [0.3, 0.4) is 0 Å². The largest absolute Gasteiger partial charge is 0.364 e. The standard InChI is InChI=1S/C8H10N4O/c1-12-4-2-8(10-12)9-6-7-3-5-13-11-7/h2-5H,6H2,1H3,(H,9,10). The third-order valence-corrected chi connectivity index (χ3v) is 1.66. The molecule has 2 aromatic rings. The molecule has 0 amide bonds. The van der Waals surface area contributed by atoms with Crippen molar-refractivity contribution in [3.63, 3.8) is 0 Å². The van der Waals surface area contributed by atoms with Crippen molar-refractivity contribution >= 4 is 5.82 Å². The molecule has 5 nitrogen and oxygen atoms in total. The highest BCUT2D eigenvalue weighted by Gasteiger charge is 1.98. The van der Waals surface area contributed by atoms with Gasteiger partial charge in [0.25, 0.3) is 0 Å². The van der Waals surface area contributed by atoms with Crippen molar-refractivity contribution in [3.05, 3.63) is 30.3 Å². The average molecular weight is 178 g/mol. The maximum Gasteiger partial charge on any atom is 0.148 e. The van der Waals surface area contributed by atoms with Gasteiger partial charge in [-0.15, -0.1) is 0 Å². The van der Waals surface area contributed by atoms with Gasteiger partial charge in [-0.1, -0.05) is 5.16 Å². The van der Waals surface area contributed by atoms with Crippen LogP contribution in [0.1, 0.15) is 5.69 Å². The van der Waals surface area contributed by atoms with Gasteiger partial charge < -0.3 is 9.84 Å². The van der Waals surface area contributed by atoms with Crippen LogP contribution in [0.2, 0.25) is 0 Å². The molecule has 0 saturated carbocycles. The summed E-state index contributed by atoms with van der Waals surface area (Å²) in [6, 6.07) is 3.72. The van der Waals surface area contributed by atoms with Crippen molar-refractivity contribution in [3.8, 4) is 0 Å². The Balaban J connectivity index is 1.93. The van der Waals surface area contributed by atoms with E-state index in [4.69, 9.17) is 4.52 Å². The Bertz CT molecular complexity index is 365. The van der Waals surface area contributed by atoms with Crippen molar-refractivity contribution in [1.29, 1.82) is 0 Å². The lowest BCUT2D eigenvalue weighted by Gasteiger charge is -1.97. The van der Waals surface area contributed by atoms with Gasteiger partial charge in [0.1, 0.15) is 17.8 Å². The number of anilines is 1. The van der Waals surface area contributed by atoms with Crippen molar-refractivity contribution < 1.29 is 4.52 Å². The summed E-state index contributed by atoms with van der Waals surface area (Å²) in [7, 11) is 1.88. The number of aryl methyl sites for hydroxylation is 1. The maximum atomic E-state index is 4.69. The van der Waals surface area contributed by atoms with Crippen LogP contribution in [0.25, 0.3) is 0 Å². The number of nitrogens with one attached hydrogen (secondary N) is 1. The van der Waals surface area contributed by atoms with E-state index in [1.54, 1.807) is 10.9 Å². The van der Waals surface area contributed by atoms with Gasteiger partial charge >= 0.3 is 0 Å². The first-order chi connectivity index (χ1) is 6.34. The van der Waals surface area contributed by atoms with Crippen LogP contribution in [0.15, 0.2) is 29.1 Å². The summed E-state index contributed by atoms with van der Waals surface area (Å²) in [5, 5.41) is 11.0. The molecule has 0 unspecified atom stereocenters. The molecule has 0 aliphatic rings. The molecule has 0 atom stereocenters. The van der Waals surface area contributed by atoms with Crippen molar-refractivity contribution in [2.45, 2.75) is 6.54 Å². The number of hydrogen-bond donors (Lipinski definition) is 1. The Labute approximate surface area is 75.3 Å². The van der Waals surface area contributed by atoms with E-state index in [2.05, 4.69) is 15.6 Å². The lowest BCUT2D eigenvalue weighted by atomic mass is 10.4. The molecule has 2 rings (SSSR count). The van der Waals surface area contributed by atoms with Crippen molar-refractivity contribution in [2.75, 3.05) is 5.32 Å². The fraction of sp³-hybridized carbons (Fsp3) is 0.250. The summed E-state index contributed by atoms with van der Waals surface area (Å²) in [5.74, 6) is 0.838. The number of nitrogens with zero attached hydrogens (tertiary/aromatic N) is 3. The zero-order valence-electron chi connectivity index (χ0n) is 7.27. The highest BCUT2D eigenvalue weighted by atomic mass is 16.5. The van der Waals surface area contributed by atoms with Crippen molar-refractivity contribution in [2.24, 2.45) is 7.05 Å². The molecule has 0 saturated heterocycles. The van der Waals surface area contributed by atoms with Gasteiger partial charge in [-0.25, -0.2) is 0 Å². The van der Waals surface area contributed by atoms with E-state index >= 15 is 0 Å². The molecule has 0 aromatic carbocycles. The zero-order valence-corrected chi connectivity index (χ0v) is 7.27. The molecular formula is C8H10N4O. The molecule has 0 fully saturated rings. The molecule has 0 spiro atoms. The van der Waals surface area contributed by atoms with Crippen LogP contribution in [0, 0.1) is 0 Å². The van der Waals surface area contributed by atoms with E-state index in [-0.39, 0.29) is 0 Å². The van der Waals surface area contributed by atoms with E-state index < -0.39 is 0 Å². The van der Waals surface area contributed by atoms with Gasteiger partial charge in [0.2, 0.25) is 0 Å². The summed E-state index contributed by atoms with van der Waals surface area (Å²) in [6.07, 6.45) is 3.43. The molecule has 0 aliphatic heterocycles. The molecular weight excluding hydrogens is 168 g/mol. The minimum atomic E-state index is 0.632.